The Balaban J connectivity index is 1.40. The van der Waals surface area contributed by atoms with Crippen molar-refractivity contribution in [3.63, 3.8) is 0 Å². The Bertz CT molecular complexity index is 1050. The molecule has 4 rings (SSSR count). The topological polar surface area (TPSA) is 62.9 Å². The normalized spacial score (nSPS) is 16.9. The van der Waals surface area contributed by atoms with Crippen LogP contribution < -0.4 is 5.32 Å². The number of benzene rings is 2. The molecule has 0 spiro atoms. The van der Waals surface area contributed by atoms with Crippen LogP contribution in [0.1, 0.15) is 29.8 Å². The van der Waals surface area contributed by atoms with Crippen molar-refractivity contribution in [3.05, 3.63) is 77.4 Å². The second-order valence-electron chi connectivity index (χ2n) is 7.80. The van der Waals surface area contributed by atoms with E-state index in [1.54, 1.807) is 18.4 Å². The van der Waals surface area contributed by atoms with Gasteiger partial charge in [-0.3, -0.25) is 4.99 Å². The Morgan fingerprint density at radius 1 is 1.22 bits per heavy atom. The monoisotopic (exact) mass is 436 g/mol. The van der Waals surface area contributed by atoms with E-state index in [2.05, 4.69) is 53.3 Å². The Hall–Kier alpha value is -3.19. The van der Waals surface area contributed by atoms with Gasteiger partial charge in [-0.05, 0) is 49.2 Å². The Morgan fingerprint density at radius 3 is 2.81 bits per heavy atom. The van der Waals surface area contributed by atoms with Gasteiger partial charge in [0.1, 0.15) is 18.2 Å². The van der Waals surface area contributed by atoms with Crippen LogP contribution in [-0.4, -0.2) is 48.6 Å². The fourth-order valence-electron chi connectivity index (χ4n) is 3.83. The molecule has 1 N–H and O–H groups in total. The number of nitrogens with one attached hydrogen (secondary N) is 1. The zero-order valence-electron chi connectivity index (χ0n) is 18.6. The van der Waals surface area contributed by atoms with Crippen LogP contribution in [0.15, 0.2) is 64.2 Å². The lowest BCUT2D eigenvalue weighted by molar-refractivity contribution is -0.00832. The van der Waals surface area contributed by atoms with E-state index in [0.717, 1.165) is 36.9 Å². The van der Waals surface area contributed by atoms with Crippen molar-refractivity contribution < 1.29 is 13.5 Å². The van der Waals surface area contributed by atoms with Crippen LogP contribution in [0.5, 0.6) is 0 Å². The maximum atomic E-state index is 13.1. The predicted octanol–water partition coefficient (Wildman–Crippen LogP) is 4.37. The first-order chi connectivity index (χ1) is 15.6. The minimum atomic E-state index is -0.279. The molecule has 32 heavy (non-hydrogen) atoms. The van der Waals surface area contributed by atoms with Crippen molar-refractivity contribution in [1.82, 2.24) is 15.2 Å². The van der Waals surface area contributed by atoms with Crippen LogP contribution in [0, 0.1) is 12.7 Å². The van der Waals surface area contributed by atoms with Crippen molar-refractivity contribution in [1.29, 1.82) is 0 Å². The zero-order valence-corrected chi connectivity index (χ0v) is 18.6. The number of aliphatic imine (C=N–C) groups is 1. The first kappa shape index (κ1) is 22.0. The highest BCUT2D eigenvalue weighted by Crippen LogP contribution is 2.25. The largest absolute Gasteiger partial charge is 0.444 e. The van der Waals surface area contributed by atoms with E-state index in [-0.39, 0.29) is 11.9 Å². The fraction of sp³-hybridized carbons (Fsp3) is 0.360. The van der Waals surface area contributed by atoms with Crippen molar-refractivity contribution in [2.24, 2.45) is 4.99 Å². The molecule has 0 amide bonds. The molecule has 7 heteroatoms. The number of nitrogens with zero attached hydrogens (tertiary/aromatic N) is 3. The molecule has 1 aliphatic heterocycles. The molecule has 3 aromatic rings. The predicted molar refractivity (Wildman–Crippen MR) is 123 cm³/mol. The van der Waals surface area contributed by atoms with Crippen molar-refractivity contribution in [2.45, 2.75) is 26.4 Å². The fourth-order valence-corrected chi connectivity index (χ4v) is 3.83. The van der Waals surface area contributed by atoms with Gasteiger partial charge >= 0.3 is 0 Å². The summed E-state index contributed by atoms with van der Waals surface area (Å²) in [6.45, 7) is 7.79. The van der Waals surface area contributed by atoms with Crippen LogP contribution >= 0.6 is 0 Å². The molecule has 1 saturated heterocycles. The van der Waals surface area contributed by atoms with Crippen molar-refractivity contribution >= 4 is 5.96 Å². The van der Waals surface area contributed by atoms with Gasteiger partial charge in [0, 0.05) is 31.6 Å². The highest BCUT2D eigenvalue weighted by molar-refractivity contribution is 5.80. The first-order valence-electron chi connectivity index (χ1n) is 11.0. The number of oxazole rings is 1. The average Bonchev–Trinajstić information content (AvgIpc) is 3.28. The highest BCUT2D eigenvalue weighted by Gasteiger charge is 2.25. The molecule has 1 aliphatic rings. The maximum absolute atomic E-state index is 13.1. The minimum Gasteiger partial charge on any atom is -0.444 e. The number of hydrogen-bond donors (Lipinski definition) is 1. The molecule has 1 aromatic heterocycles. The number of halogens is 1. The second-order valence-corrected chi connectivity index (χ2v) is 7.80. The van der Waals surface area contributed by atoms with Crippen LogP contribution in [-0.2, 0) is 11.2 Å². The SMILES string of the molecule is CCNC(=NCCc1coc(-c2ccc(F)cc2)n1)N1CCOC(c2ccccc2C)C1. The van der Waals surface area contributed by atoms with E-state index in [4.69, 9.17) is 14.1 Å². The standard InChI is InChI=1S/C25H29FN4O2/c1-3-27-25(30-14-15-31-23(16-30)22-7-5-4-6-18(22)2)28-13-12-21-17-32-24(29-21)19-8-10-20(26)11-9-19/h4-11,17,23H,3,12-16H2,1-2H3,(H,27,28). The van der Waals surface area contributed by atoms with Gasteiger partial charge in [-0.15, -0.1) is 0 Å². The highest BCUT2D eigenvalue weighted by atomic mass is 19.1. The van der Waals surface area contributed by atoms with Crippen LogP contribution in [0.3, 0.4) is 0 Å². The number of hydrogen-bond acceptors (Lipinski definition) is 4. The molecular formula is C25H29FN4O2. The zero-order chi connectivity index (χ0) is 22.3. The quantitative estimate of drug-likeness (QED) is 0.459. The summed E-state index contributed by atoms with van der Waals surface area (Å²) in [6.07, 6.45) is 2.33. The number of rotatable bonds is 6. The van der Waals surface area contributed by atoms with E-state index in [0.29, 0.717) is 25.5 Å². The lowest BCUT2D eigenvalue weighted by Gasteiger charge is -2.35. The Kier molecular flexibility index (Phi) is 7.17. The number of guanidine groups is 1. The van der Waals surface area contributed by atoms with Gasteiger partial charge in [-0.2, -0.15) is 0 Å². The summed E-state index contributed by atoms with van der Waals surface area (Å²) in [7, 11) is 0. The second kappa shape index (κ2) is 10.4. The van der Waals surface area contributed by atoms with Crippen LogP contribution in [0.4, 0.5) is 4.39 Å². The smallest absolute Gasteiger partial charge is 0.226 e. The summed E-state index contributed by atoms with van der Waals surface area (Å²) in [4.78, 5) is 11.6. The molecule has 0 bridgehead atoms. The summed E-state index contributed by atoms with van der Waals surface area (Å²) < 4.78 is 24.7. The van der Waals surface area contributed by atoms with Gasteiger partial charge < -0.3 is 19.4 Å². The summed E-state index contributed by atoms with van der Waals surface area (Å²) in [5.74, 6) is 1.10. The number of aryl methyl sites for hydroxylation is 1. The number of aromatic nitrogens is 1. The summed E-state index contributed by atoms with van der Waals surface area (Å²) >= 11 is 0. The maximum Gasteiger partial charge on any atom is 0.226 e. The Morgan fingerprint density at radius 2 is 2.03 bits per heavy atom. The van der Waals surface area contributed by atoms with Gasteiger partial charge in [-0.25, -0.2) is 9.37 Å². The van der Waals surface area contributed by atoms with E-state index < -0.39 is 0 Å². The Labute approximate surface area is 188 Å². The van der Waals surface area contributed by atoms with E-state index >= 15 is 0 Å². The van der Waals surface area contributed by atoms with Crippen LogP contribution in [0.2, 0.25) is 0 Å². The van der Waals surface area contributed by atoms with Gasteiger partial charge in [0.2, 0.25) is 5.89 Å². The third kappa shape index (κ3) is 5.34. The average molecular weight is 437 g/mol. The van der Waals surface area contributed by atoms with Gasteiger partial charge in [0.25, 0.3) is 0 Å². The summed E-state index contributed by atoms with van der Waals surface area (Å²) in [5.41, 5.74) is 4.04. The van der Waals surface area contributed by atoms with Gasteiger partial charge in [-0.1, -0.05) is 24.3 Å². The van der Waals surface area contributed by atoms with Crippen molar-refractivity contribution in [3.8, 4) is 11.5 Å². The summed E-state index contributed by atoms with van der Waals surface area (Å²) in [5, 5.41) is 3.40. The first-order valence-corrected chi connectivity index (χ1v) is 11.0. The molecule has 0 saturated carbocycles. The van der Waals surface area contributed by atoms with E-state index in [9.17, 15) is 4.39 Å². The lowest BCUT2D eigenvalue weighted by atomic mass is 10.0. The summed E-state index contributed by atoms with van der Waals surface area (Å²) in [6, 6.07) is 14.5. The van der Waals surface area contributed by atoms with E-state index in [1.807, 2.05) is 0 Å². The van der Waals surface area contributed by atoms with Gasteiger partial charge in [0.05, 0.1) is 18.8 Å². The molecule has 1 fully saturated rings. The molecule has 2 heterocycles. The third-order valence-electron chi connectivity index (χ3n) is 5.51. The lowest BCUT2D eigenvalue weighted by Crippen LogP contribution is -2.48. The molecule has 6 nitrogen and oxygen atoms in total. The molecule has 0 aliphatic carbocycles. The molecule has 0 radical (unpaired) electrons. The van der Waals surface area contributed by atoms with Crippen molar-refractivity contribution in [2.75, 3.05) is 32.8 Å². The van der Waals surface area contributed by atoms with E-state index in [1.165, 1.54) is 23.3 Å². The van der Waals surface area contributed by atoms with Crippen LogP contribution in [0.25, 0.3) is 11.5 Å². The molecular weight excluding hydrogens is 407 g/mol. The van der Waals surface area contributed by atoms with Gasteiger partial charge in [0.15, 0.2) is 5.96 Å². The third-order valence-corrected chi connectivity index (χ3v) is 5.51. The molecule has 1 unspecified atom stereocenters. The number of morpholine rings is 1. The molecule has 2 aromatic carbocycles. The molecule has 1 atom stereocenters. The minimum absolute atomic E-state index is 0.0302. The molecule has 168 valence electrons. The number of ether oxygens (including phenoxy) is 1.